The molecule has 1 saturated carbocycles. The molecule has 0 spiro atoms. The summed E-state index contributed by atoms with van der Waals surface area (Å²) in [7, 11) is 0. The number of hydrogen-bond donors (Lipinski definition) is 1. The lowest BCUT2D eigenvalue weighted by Crippen LogP contribution is -2.21. The van der Waals surface area contributed by atoms with Crippen molar-refractivity contribution < 1.29 is 0 Å². The van der Waals surface area contributed by atoms with Crippen LogP contribution in [0, 0.1) is 5.41 Å². The minimum Gasteiger partial charge on any atom is -0.179 e. The molecule has 94 valence electrons. The van der Waals surface area contributed by atoms with Gasteiger partial charge in [-0.25, -0.2) is 0 Å². The molecule has 1 fully saturated rings. The fourth-order valence-corrected chi connectivity index (χ4v) is 4.45. The van der Waals surface area contributed by atoms with Crippen molar-refractivity contribution in [3.8, 4) is 0 Å². The van der Waals surface area contributed by atoms with Gasteiger partial charge in [-0.2, -0.15) is 12.6 Å². The third kappa shape index (κ3) is 3.50. The van der Waals surface area contributed by atoms with E-state index < -0.39 is 0 Å². The Balaban J connectivity index is 1.99. The summed E-state index contributed by atoms with van der Waals surface area (Å²) in [4.78, 5) is 1.20. The Bertz CT molecular complexity index is 387. The molecule has 1 aromatic rings. The predicted octanol–water partition coefficient (Wildman–Crippen LogP) is 5.58. The molecule has 0 heterocycles. The number of benzene rings is 1. The molecule has 0 bridgehead atoms. The molecule has 1 aromatic carbocycles. The fraction of sp³-hybridized carbons (Fsp3) is 0.538. The summed E-state index contributed by atoms with van der Waals surface area (Å²) < 4.78 is 0. The zero-order valence-corrected chi connectivity index (χ0v) is 12.8. The van der Waals surface area contributed by atoms with Gasteiger partial charge in [0.15, 0.2) is 0 Å². The van der Waals surface area contributed by atoms with Gasteiger partial charge in [-0.15, -0.1) is 11.8 Å². The summed E-state index contributed by atoms with van der Waals surface area (Å²) in [5, 5.41) is 1.27. The molecule has 4 heteroatoms. The van der Waals surface area contributed by atoms with Gasteiger partial charge in [-0.05, 0) is 42.2 Å². The van der Waals surface area contributed by atoms with Crippen molar-refractivity contribution in [2.45, 2.75) is 30.6 Å². The Labute approximate surface area is 123 Å². The second-order valence-electron chi connectivity index (χ2n) is 4.73. The Morgan fingerprint density at radius 1 is 1.18 bits per heavy atom. The molecular formula is C13H16Cl2S2. The fourth-order valence-electron chi connectivity index (χ4n) is 2.28. The third-order valence-electron chi connectivity index (χ3n) is 3.44. The van der Waals surface area contributed by atoms with Crippen LogP contribution in [0.3, 0.4) is 0 Å². The first-order valence-corrected chi connectivity index (χ1v) is 8.21. The summed E-state index contributed by atoms with van der Waals surface area (Å²) in [5.41, 5.74) is 0.430. The van der Waals surface area contributed by atoms with Crippen LogP contribution in [0.15, 0.2) is 23.1 Å². The summed E-state index contributed by atoms with van der Waals surface area (Å²) >= 11 is 18.3. The number of halogens is 2. The zero-order valence-electron chi connectivity index (χ0n) is 9.59. The number of rotatable bonds is 4. The van der Waals surface area contributed by atoms with E-state index >= 15 is 0 Å². The van der Waals surface area contributed by atoms with E-state index in [1.54, 1.807) is 0 Å². The van der Waals surface area contributed by atoms with Crippen LogP contribution in [0.4, 0.5) is 0 Å². The molecule has 1 aliphatic rings. The maximum absolute atomic E-state index is 6.02. The van der Waals surface area contributed by atoms with Gasteiger partial charge in [-0.3, -0.25) is 0 Å². The molecule has 0 amide bonds. The smallest absolute Gasteiger partial charge is 0.0603 e. The van der Waals surface area contributed by atoms with Crippen LogP contribution < -0.4 is 0 Å². The average molecular weight is 307 g/mol. The first kappa shape index (κ1) is 13.9. The first-order valence-electron chi connectivity index (χ1n) is 5.84. The molecule has 0 aliphatic heterocycles. The van der Waals surface area contributed by atoms with E-state index in [-0.39, 0.29) is 0 Å². The van der Waals surface area contributed by atoms with E-state index in [1.165, 1.54) is 30.6 Å². The minimum absolute atomic E-state index is 0.430. The maximum atomic E-state index is 6.02. The van der Waals surface area contributed by atoms with Crippen LogP contribution in [0.1, 0.15) is 25.7 Å². The summed E-state index contributed by atoms with van der Waals surface area (Å²) in [6.07, 6.45) is 5.32. The van der Waals surface area contributed by atoms with Crippen molar-refractivity contribution in [2.24, 2.45) is 5.41 Å². The second kappa shape index (κ2) is 6.10. The highest BCUT2D eigenvalue weighted by atomic mass is 35.5. The van der Waals surface area contributed by atoms with Crippen molar-refractivity contribution in [1.29, 1.82) is 0 Å². The second-order valence-corrected chi connectivity index (χ2v) is 6.91. The molecule has 17 heavy (non-hydrogen) atoms. The summed E-state index contributed by atoms with van der Waals surface area (Å²) in [5.74, 6) is 2.12. The third-order valence-corrected chi connectivity index (χ3v) is 6.19. The van der Waals surface area contributed by atoms with Crippen LogP contribution in [-0.2, 0) is 0 Å². The number of thiol groups is 1. The first-order chi connectivity index (χ1) is 8.15. The van der Waals surface area contributed by atoms with Crippen molar-refractivity contribution in [3.63, 3.8) is 0 Å². The van der Waals surface area contributed by atoms with Crippen LogP contribution in [0.25, 0.3) is 0 Å². The standard InChI is InChI=1S/C13H16Cl2S2/c14-11-4-3-10(7-12(11)15)17-9-13(8-16)5-1-2-6-13/h3-4,7,16H,1-2,5-6,8-9H2. The van der Waals surface area contributed by atoms with E-state index in [0.717, 1.165) is 11.5 Å². The van der Waals surface area contributed by atoms with Crippen LogP contribution >= 0.6 is 47.6 Å². The average Bonchev–Trinajstić information content (AvgIpc) is 2.80. The number of thioether (sulfide) groups is 1. The van der Waals surface area contributed by atoms with Gasteiger partial charge in [0.05, 0.1) is 10.0 Å². The largest absolute Gasteiger partial charge is 0.179 e. The minimum atomic E-state index is 0.430. The Hall–Kier alpha value is 0.500. The van der Waals surface area contributed by atoms with Crippen LogP contribution in [0.2, 0.25) is 10.0 Å². The monoisotopic (exact) mass is 306 g/mol. The normalized spacial score (nSPS) is 18.5. The van der Waals surface area contributed by atoms with Gasteiger partial charge in [0, 0.05) is 10.6 Å². The lowest BCUT2D eigenvalue weighted by atomic mass is 9.91. The summed E-state index contributed by atoms with van der Waals surface area (Å²) in [6.45, 7) is 0. The van der Waals surface area contributed by atoms with Crippen LogP contribution in [0.5, 0.6) is 0 Å². The predicted molar refractivity (Wildman–Crippen MR) is 81.9 cm³/mol. The molecule has 0 nitrogen and oxygen atoms in total. The highest BCUT2D eigenvalue weighted by molar-refractivity contribution is 7.99. The molecule has 0 N–H and O–H groups in total. The van der Waals surface area contributed by atoms with Gasteiger partial charge in [0.2, 0.25) is 0 Å². The quantitative estimate of drug-likeness (QED) is 0.560. The van der Waals surface area contributed by atoms with E-state index in [4.69, 9.17) is 23.2 Å². The van der Waals surface area contributed by atoms with E-state index in [2.05, 4.69) is 12.6 Å². The Kier molecular flexibility index (Phi) is 4.99. The molecule has 0 atom stereocenters. The van der Waals surface area contributed by atoms with Crippen molar-refractivity contribution >= 4 is 47.6 Å². The van der Waals surface area contributed by atoms with Crippen molar-refractivity contribution in [2.75, 3.05) is 11.5 Å². The Morgan fingerprint density at radius 3 is 2.47 bits per heavy atom. The molecule has 1 aliphatic carbocycles. The number of hydrogen-bond acceptors (Lipinski definition) is 2. The molecule has 0 radical (unpaired) electrons. The van der Waals surface area contributed by atoms with Gasteiger partial charge in [-0.1, -0.05) is 36.0 Å². The van der Waals surface area contributed by atoms with Crippen LogP contribution in [-0.4, -0.2) is 11.5 Å². The topological polar surface area (TPSA) is 0 Å². The van der Waals surface area contributed by atoms with Gasteiger partial charge in [0.25, 0.3) is 0 Å². The molecule has 0 unspecified atom stereocenters. The van der Waals surface area contributed by atoms with E-state index in [0.29, 0.717) is 15.5 Å². The lowest BCUT2D eigenvalue weighted by Gasteiger charge is -2.26. The van der Waals surface area contributed by atoms with E-state index in [9.17, 15) is 0 Å². The van der Waals surface area contributed by atoms with Gasteiger partial charge in [0.1, 0.15) is 0 Å². The molecular weight excluding hydrogens is 291 g/mol. The highest BCUT2D eigenvalue weighted by Gasteiger charge is 2.32. The molecule has 2 rings (SSSR count). The Morgan fingerprint density at radius 2 is 1.88 bits per heavy atom. The SMILES string of the molecule is SCC1(CSc2ccc(Cl)c(Cl)c2)CCCC1. The summed E-state index contributed by atoms with van der Waals surface area (Å²) in [6, 6.07) is 5.87. The highest BCUT2D eigenvalue weighted by Crippen LogP contribution is 2.43. The van der Waals surface area contributed by atoms with Gasteiger partial charge >= 0.3 is 0 Å². The maximum Gasteiger partial charge on any atom is 0.0603 e. The van der Waals surface area contributed by atoms with Gasteiger partial charge < -0.3 is 0 Å². The lowest BCUT2D eigenvalue weighted by molar-refractivity contribution is 0.403. The van der Waals surface area contributed by atoms with Crippen molar-refractivity contribution in [3.05, 3.63) is 28.2 Å². The molecule has 0 saturated heterocycles. The van der Waals surface area contributed by atoms with Crippen molar-refractivity contribution in [1.82, 2.24) is 0 Å². The molecule has 0 aromatic heterocycles. The zero-order chi connectivity index (χ0) is 12.3. The van der Waals surface area contributed by atoms with E-state index in [1.807, 2.05) is 30.0 Å².